The lowest BCUT2D eigenvalue weighted by molar-refractivity contribution is 0.0596. The Morgan fingerprint density at radius 3 is 2.80 bits per heavy atom. The van der Waals surface area contributed by atoms with Gasteiger partial charge in [-0.1, -0.05) is 4.49 Å². The van der Waals surface area contributed by atoms with Gasteiger partial charge in [0.2, 0.25) is 0 Å². The summed E-state index contributed by atoms with van der Waals surface area (Å²) in [5.74, 6) is -0.771. The summed E-state index contributed by atoms with van der Waals surface area (Å²) >= 11 is 0.870. The second kappa shape index (κ2) is 5.43. The third kappa shape index (κ3) is 2.86. The lowest BCUT2D eigenvalue weighted by atomic mass is 10.2. The first-order chi connectivity index (χ1) is 9.44. The van der Waals surface area contributed by atoms with Crippen molar-refractivity contribution in [2.75, 3.05) is 17.6 Å². The summed E-state index contributed by atoms with van der Waals surface area (Å²) in [4.78, 5) is 11.4. The van der Waals surface area contributed by atoms with Crippen molar-refractivity contribution in [3.05, 3.63) is 30.0 Å². The van der Waals surface area contributed by atoms with Crippen LogP contribution in [0.2, 0.25) is 0 Å². The number of esters is 1. The van der Waals surface area contributed by atoms with Crippen LogP contribution in [0.1, 0.15) is 10.4 Å². The van der Waals surface area contributed by atoms with Crippen LogP contribution in [0, 0.1) is 0 Å². The van der Waals surface area contributed by atoms with Crippen LogP contribution in [0.3, 0.4) is 0 Å². The molecule has 0 unspecified atom stereocenters. The zero-order chi connectivity index (χ0) is 14.8. The molecule has 3 N–H and O–H groups in total. The number of rotatable bonds is 4. The molecule has 2 aromatic rings. The number of carbonyl (C=O) groups is 1. The number of hydrogen-bond donors (Lipinski definition) is 2. The minimum atomic E-state index is -3.99. The van der Waals surface area contributed by atoms with Gasteiger partial charge in [0.25, 0.3) is 10.0 Å². The number of hydrogen-bond acceptors (Lipinski definition) is 8. The highest BCUT2D eigenvalue weighted by Crippen LogP contribution is 2.23. The van der Waals surface area contributed by atoms with Gasteiger partial charge in [0, 0.05) is 17.2 Å². The number of benzene rings is 1. The molecule has 10 heteroatoms. The molecule has 0 aliphatic carbocycles. The fourth-order valence-electron chi connectivity index (χ4n) is 1.44. The highest BCUT2D eigenvalue weighted by atomic mass is 32.2. The van der Waals surface area contributed by atoms with Gasteiger partial charge in [-0.15, -0.1) is 5.10 Å². The smallest absolute Gasteiger partial charge is 0.339 e. The van der Waals surface area contributed by atoms with Crippen molar-refractivity contribution in [1.29, 1.82) is 0 Å². The molecule has 0 bridgehead atoms. The lowest BCUT2D eigenvalue weighted by Gasteiger charge is -2.10. The van der Waals surface area contributed by atoms with Crippen LogP contribution in [-0.4, -0.2) is 31.1 Å². The molecular weight excluding hydrogens is 304 g/mol. The number of carbonyl (C=O) groups excluding carboxylic acids is 1. The van der Waals surface area contributed by atoms with E-state index in [9.17, 15) is 13.2 Å². The van der Waals surface area contributed by atoms with Crippen molar-refractivity contribution in [3.8, 4) is 0 Å². The second-order valence-electron chi connectivity index (χ2n) is 3.63. The summed E-state index contributed by atoms with van der Waals surface area (Å²) in [7, 11) is -2.83. The number of ether oxygens (including phenoxy) is 1. The molecule has 1 heterocycles. The maximum absolute atomic E-state index is 12.3. The molecule has 0 aliphatic rings. The standard InChI is InChI=1S/C10H10N4O4S2/c1-18-10(15)7-3-2-6(11)4-8(7)20(16,17)13-9-5-12-14-19-9/h2-5,13H,11H2,1H3. The summed E-state index contributed by atoms with van der Waals surface area (Å²) in [5, 5.41) is 3.74. The Morgan fingerprint density at radius 2 is 2.20 bits per heavy atom. The Morgan fingerprint density at radius 1 is 1.45 bits per heavy atom. The van der Waals surface area contributed by atoms with E-state index in [0.717, 1.165) is 18.6 Å². The summed E-state index contributed by atoms with van der Waals surface area (Å²) in [5.41, 5.74) is 5.68. The average Bonchev–Trinajstić information content (AvgIpc) is 2.90. The van der Waals surface area contributed by atoms with Crippen molar-refractivity contribution in [2.45, 2.75) is 4.90 Å². The third-order valence-electron chi connectivity index (χ3n) is 2.30. The van der Waals surface area contributed by atoms with Gasteiger partial charge in [0.1, 0.15) is 9.90 Å². The molecule has 0 amide bonds. The molecule has 0 saturated heterocycles. The summed E-state index contributed by atoms with van der Waals surface area (Å²) < 4.78 is 34.9. The number of nitrogen functional groups attached to an aromatic ring is 1. The van der Waals surface area contributed by atoms with Crippen LogP contribution < -0.4 is 10.5 Å². The number of methoxy groups -OCH3 is 1. The average molecular weight is 314 g/mol. The van der Waals surface area contributed by atoms with Crippen molar-refractivity contribution < 1.29 is 17.9 Å². The summed E-state index contributed by atoms with van der Waals surface area (Å²) in [6.07, 6.45) is 1.26. The van der Waals surface area contributed by atoms with E-state index in [4.69, 9.17) is 5.73 Å². The maximum atomic E-state index is 12.3. The van der Waals surface area contributed by atoms with Crippen molar-refractivity contribution in [1.82, 2.24) is 9.59 Å². The highest BCUT2D eigenvalue weighted by Gasteiger charge is 2.24. The molecule has 2 rings (SSSR count). The van der Waals surface area contributed by atoms with Crippen molar-refractivity contribution in [2.24, 2.45) is 0 Å². The Kier molecular flexibility index (Phi) is 3.86. The largest absolute Gasteiger partial charge is 0.465 e. The monoisotopic (exact) mass is 314 g/mol. The van der Waals surface area contributed by atoms with Gasteiger partial charge in [0.05, 0.1) is 18.9 Å². The van der Waals surface area contributed by atoms with Gasteiger partial charge in [0.15, 0.2) is 0 Å². The molecule has 20 heavy (non-hydrogen) atoms. The predicted octanol–water partition coefficient (Wildman–Crippen LogP) is 0.708. The molecule has 0 radical (unpaired) electrons. The van der Waals surface area contributed by atoms with Gasteiger partial charge in [-0.05, 0) is 18.2 Å². The van der Waals surface area contributed by atoms with E-state index in [1.54, 1.807) is 0 Å². The van der Waals surface area contributed by atoms with Crippen LogP contribution in [-0.2, 0) is 14.8 Å². The maximum Gasteiger partial charge on any atom is 0.339 e. The first-order valence-corrected chi connectivity index (χ1v) is 7.47. The van der Waals surface area contributed by atoms with E-state index in [1.165, 1.54) is 24.4 Å². The number of nitrogens with one attached hydrogen (secondary N) is 1. The van der Waals surface area contributed by atoms with E-state index in [-0.39, 0.29) is 21.1 Å². The summed E-state index contributed by atoms with van der Waals surface area (Å²) in [6, 6.07) is 3.89. The number of anilines is 2. The molecule has 0 spiro atoms. The molecule has 0 aliphatic heterocycles. The minimum absolute atomic E-state index is 0.105. The third-order valence-corrected chi connectivity index (χ3v) is 4.41. The first-order valence-electron chi connectivity index (χ1n) is 5.22. The van der Waals surface area contributed by atoms with Gasteiger partial charge in [-0.3, -0.25) is 4.72 Å². The van der Waals surface area contributed by atoms with Crippen LogP contribution in [0.25, 0.3) is 0 Å². The molecule has 8 nitrogen and oxygen atoms in total. The highest BCUT2D eigenvalue weighted by molar-refractivity contribution is 7.93. The molecule has 0 atom stereocenters. The number of sulfonamides is 1. The van der Waals surface area contributed by atoms with Gasteiger partial charge < -0.3 is 10.5 Å². The van der Waals surface area contributed by atoms with Crippen LogP contribution in [0.15, 0.2) is 29.3 Å². The fraction of sp³-hybridized carbons (Fsp3) is 0.100. The van der Waals surface area contributed by atoms with Crippen LogP contribution in [0.4, 0.5) is 10.7 Å². The number of nitrogens with two attached hydrogens (primary N) is 1. The van der Waals surface area contributed by atoms with E-state index in [0.29, 0.717) is 0 Å². The van der Waals surface area contributed by atoms with Crippen LogP contribution in [0.5, 0.6) is 0 Å². The van der Waals surface area contributed by atoms with Gasteiger partial charge in [-0.2, -0.15) is 0 Å². The predicted molar refractivity (Wildman–Crippen MR) is 72.9 cm³/mol. The van der Waals surface area contributed by atoms with Gasteiger partial charge in [-0.25, -0.2) is 13.2 Å². The molecule has 1 aromatic heterocycles. The van der Waals surface area contributed by atoms with Gasteiger partial charge >= 0.3 is 5.97 Å². The minimum Gasteiger partial charge on any atom is -0.465 e. The lowest BCUT2D eigenvalue weighted by Crippen LogP contribution is -2.17. The normalized spacial score (nSPS) is 11.1. The molecule has 0 fully saturated rings. The second-order valence-corrected chi connectivity index (χ2v) is 6.07. The number of aromatic nitrogens is 2. The molecule has 0 saturated carbocycles. The topological polar surface area (TPSA) is 124 Å². The zero-order valence-electron chi connectivity index (χ0n) is 10.2. The zero-order valence-corrected chi connectivity index (χ0v) is 11.9. The van der Waals surface area contributed by atoms with Crippen LogP contribution >= 0.6 is 11.5 Å². The van der Waals surface area contributed by atoms with Crippen molar-refractivity contribution >= 4 is 38.2 Å². The Hall–Kier alpha value is -2.20. The quantitative estimate of drug-likeness (QED) is 0.629. The molecule has 106 valence electrons. The van der Waals surface area contributed by atoms with E-state index in [2.05, 4.69) is 19.0 Å². The number of nitrogens with zero attached hydrogens (tertiary/aromatic N) is 2. The fourth-order valence-corrected chi connectivity index (χ4v) is 3.35. The Balaban J connectivity index is 2.50. The molecular formula is C10H10N4O4S2. The Bertz CT molecular complexity index is 728. The Labute approximate surface area is 118 Å². The van der Waals surface area contributed by atoms with Crippen molar-refractivity contribution in [3.63, 3.8) is 0 Å². The molecule has 1 aromatic carbocycles. The SMILES string of the molecule is COC(=O)c1ccc(N)cc1S(=O)(=O)Nc1cnns1. The van der Waals surface area contributed by atoms with E-state index < -0.39 is 16.0 Å². The van der Waals surface area contributed by atoms with E-state index in [1.807, 2.05) is 0 Å². The summed E-state index contributed by atoms with van der Waals surface area (Å²) in [6.45, 7) is 0. The van der Waals surface area contributed by atoms with E-state index >= 15 is 0 Å². The first kappa shape index (κ1) is 14.2.